The molecule has 2 saturated heterocycles. The Morgan fingerprint density at radius 3 is 2.30 bits per heavy atom. The molecular formula is C25H34N4O3S. The average molecular weight is 471 g/mol. The second-order valence-corrected chi connectivity index (χ2v) is 10.8. The SMILES string of the molecule is CN(CCNC(=O)c1cc(S(=O)(=O)N2CCCCC2)ccc1N1CCCC1)c1ccccc1. The average Bonchev–Trinajstić information content (AvgIpc) is 3.39. The predicted octanol–water partition coefficient (Wildman–Crippen LogP) is 3.33. The van der Waals surface area contributed by atoms with Crippen molar-refractivity contribution in [1.82, 2.24) is 9.62 Å². The van der Waals surface area contributed by atoms with Gasteiger partial charge >= 0.3 is 0 Å². The van der Waals surface area contributed by atoms with Crippen LogP contribution in [0.2, 0.25) is 0 Å². The molecule has 4 rings (SSSR count). The van der Waals surface area contributed by atoms with Crippen LogP contribution in [0.5, 0.6) is 0 Å². The van der Waals surface area contributed by atoms with E-state index < -0.39 is 10.0 Å². The standard InChI is InChI=1S/C25H34N4O3S/c1-27(21-10-4-2-5-11-21)19-14-26-25(30)23-20-22(12-13-24(23)28-15-8-9-16-28)33(31,32)29-17-6-3-7-18-29/h2,4-5,10-13,20H,3,6-9,14-19H2,1H3,(H,26,30). The Labute approximate surface area is 197 Å². The van der Waals surface area contributed by atoms with Crippen LogP contribution in [0.25, 0.3) is 0 Å². The van der Waals surface area contributed by atoms with Crippen LogP contribution < -0.4 is 15.1 Å². The van der Waals surface area contributed by atoms with E-state index in [1.165, 1.54) is 0 Å². The molecule has 0 aromatic heterocycles. The Balaban J connectivity index is 1.52. The number of piperidine rings is 1. The predicted molar refractivity (Wildman–Crippen MR) is 133 cm³/mol. The zero-order valence-corrected chi connectivity index (χ0v) is 20.2. The van der Waals surface area contributed by atoms with Gasteiger partial charge in [-0.2, -0.15) is 4.31 Å². The first-order valence-corrected chi connectivity index (χ1v) is 13.3. The van der Waals surface area contributed by atoms with Crippen molar-refractivity contribution in [1.29, 1.82) is 0 Å². The first-order valence-electron chi connectivity index (χ1n) is 11.9. The zero-order chi connectivity index (χ0) is 23.3. The van der Waals surface area contributed by atoms with Crippen molar-refractivity contribution in [3.8, 4) is 0 Å². The third-order valence-corrected chi connectivity index (χ3v) is 8.44. The molecule has 2 heterocycles. The summed E-state index contributed by atoms with van der Waals surface area (Å²) in [7, 11) is -1.61. The van der Waals surface area contributed by atoms with Gasteiger partial charge in [0.2, 0.25) is 10.0 Å². The molecule has 7 nitrogen and oxygen atoms in total. The van der Waals surface area contributed by atoms with Crippen LogP contribution in [0, 0.1) is 0 Å². The Hall–Kier alpha value is -2.58. The molecule has 2 aliphatic heterocycles. The number of carbonyl (C=O) groups excluding carboxylic acids is 1. The number of anilines is 2. The van der Waals surface area contributed by atoms with Crippen molar-refractivity contribution in [3.05, 3.63) is 54.1 Å². The minimum Gasteiger partial charge on any atom is -0.373 e. The molecule has 2 aliphatic rings. The molecule has 0 aliphatic carbocycles. The summed E-state index contributed by atoms with van der Waals surface area (Å²) in [5.74, 6) is -0.228. The Morgan fingerprint density at radius 1 is 0.939 bits per heavy atom. The molecule has 8 heteroatoms. The van der Waals surface area contributed by atoms with Crippen LogP contribution in [0.4, 0.5) is 11.4 Å². The van der Waals surface area contributed by atoms with Gasteiger partial charge in [-0.15, -0.1) is 0 Å². The Bertz CT molecular complexity index is 1050. The molecule has 2 aromatic rings. The fourth-order valence-corrected chi connectivity index (χ4v) is 6.13. The molecule has 0 bridgehead atoms. The molecule has 1 amide bonds. The van der Waals surface area contributed by atoms with Crippen LogP contribution in [-0.4, -0.2) is 64.9 Å². The first kappa shape index (κ1) is 23.6. The van der Waals surface area contributed by atoms with E-state index in [2.05, 4.69) is 15.1 Å². The summed E-state index contributed by atoms with van der Waals surface area (Å²) in [6, 6.07) is 15.1. The monoisotopic (exact) mass is 470 g/mol. The smallest absolute Gasteiger partial charge is 0.253 e. The molecule has 2 fully saturated rings. The Kier molecular flexibility index (Phi) is 7.55. The van der Waals surface area contributed by atoms with E-state index >= 15 is 0 Å². The van der Waals surface area contributed by atoms with E-state index in [-0.39, 0.29) is 10.8 Å². The summed E-state index contributed by atoms with van der Waals surface area (Å²) < 4.78 is 28.0. The normalized spacial score (nSPS) is 17.2. The van der Waals surface area contributed by atoms with Gasteiger partial charge in [0.1, 0.15) is 0 Å². The lowest BCUT2D eigenvalue weighted by atomic mass is 10.1. The summed E-state index contributed by atoms with van der Waals surface area (Å²) in [6.45, 7) is 3.98. The summed E-state index contributed by atoms with van der Waals surface area (Å²) in [5.41, 5.74) is 2.34. The fourth-order valence-electron chi connectivity index (χ4n) is 4.59. The molecule has 0 radical (unpaired) electrons. The highest BCUT2D eigenvalue weighted by atomic mass is 32.2. The van der Waals surface area contributed by atoms with Crippen LogP contribution in [0.3, 0.4) is 0 Å². The molecule has 2 aromatic carbocycles. The van der Waals surface area contributed by atoms with Gasteiger partial charge in [0, 0.05) is 57.7 Å². The van der Waals surface area contributed by atoms with Gasteiger partial charge in [-0.3, -0.25) is 4.79 Å². The van der Waals surface area contributed by atoms with E-state index in [0.717, 1.165) is 56.6 Å². The van der Waals surface area contributed by atoms with Crippen LogP contribution in [-0.2, 0) is 10.0 Å². The Morgan fingerprint density at radius 2 is 1.61 bits per heavy atom. The number of likely N-dealkylation sites (N-methyl/N-ethyl adjacent to an activating group) is 1. The van der Waals surface area contributed by atoms with E-state index in [1.807, 2.05) is 43.4 Å². The maximum absolute atomic E-state index is 13.2. The summed E-state index contributed by atoms with van der Waals surface area (Å²) >= 11 is 0. The van der Waals surface area contributed by atoms with Crippen LogP contribution in [0.15, 0.2) is 53.4 Å². The van der Waals surface area contributed by atoms with Crippen molar-refractivity contribution in [2.45, 2.75) is 37.0 Å². The fraction of sp³-hybridized carbons (Fsp3) is 0.480. The van der Waals surface area contributed by atoms with Crippen molar-refractivity contribution >= 4 is 27.3 Å². The van der Waals surface area contributed by atoms with Crippen molar-refractivity contribution < 1.29 is 13.2 Å². The largest absolute Gasteiger partial charge is 0.373 e. The molecule has 0 unspecified atom stereocenters. The third-order valence-electron chi connectivity index (χ3n) is 6.54. The highest BCUT2D eigenvalue weighted by molar-refractivity contribution is 7.89. The number of benzene rings is 2. The number of amides is 1. The lowest BCUT2D eigenvalue weighted by Gasteiger charge is -2.27. The number of carbonyl (C=O) groups is 1. The number of hydrogen-bond donors (Lipinski definition) is 1. The minimum atomic E-state index is -3.60. The summed E-state index contributed by atoms with van der Waals surface area (Å²) in [5, 5.41) is 3.01. The first-order chi connectivity index (χ1) is 16.0. The van der Waals surface area contributed by atoms with Crippen molar-refractivity contribution in [2.75, 3.05) is 56.1 Å². The van der Waals surface area contributed by atoms with Crippen molar-refractivity contribution in [3.63, 3.8) is 0 Å². The summed E-state index contributed by atoms with van der Waals surface area (Å²) in [4.78, 5) is 17.7. The molecule has 33 heavy (non-hydrogen) atoms. The number of sulfonamides is 1. The lowest BCUT2D eigenvalue weighted by molar-refractivity contribution is 0.0955. The van der Waals surface area contributed by atoms with E-state index in [4.69, 9.17) is 0 Å². The molecule has 0 atom stereocenters. The number of para-hydroxylation sites is 1. The van der Waals surface area contributed by atoms with Crippen molar-refractivity contribution in [2.24, 2.45) is 0 Å². The highest BCUT2D eigenvalue weighted by Crippen LogP contribution is 2.29. The number of nitrogens with one attached hydrogen (secondary N) is 1. The third kappa shape index (κ3) is 5.50. The van der Waals surface area contributed by atoms with Gasteiger partial charge in [-0.1, -0.05) is 24.6 Å². The maximum atomic E-state index is 13.2. The molecule has 1 N–H and O–H groups in total. The van der Waals surface area contributed by atoms with E-state index in [0.29, 0.717) is 31.7 Å². The van der Waals surface area contributed by atoms with Gasteiger partial charge < -0.3 is 15.1 Å². The summed E-state index contributed by atoms with van der Waals surface area (Å²) in [6.07, 6.45) is 4.99. The molecule has 0 spiro atoms. The molecular weight excluding hydrogens is 436 g/mol. The van der Waals surface area contributed by atoms with Crippen LogP contribution in [0.1, 0.15) is 42.5 Å². The lowest BCUT2D eigenvalue weighted by Crippen LogP contribution is -2.36. The molecule has 178 valence electrons. The van der Waals surface area contributed by atoms with Gasteiger partial charge in [-0.25, -0.2) is 8.42 Å². The van der Waals surface area contributed by atoms with Gasteiger partial charge in [0.05, 0.1) is 10.5 Å². The quantitative estimate of drug-likeness (QED) is 0.641. The highest BCUT2D eigenvalue weighted by Gasteiger charge is 2.28. The zero-order valence-electron chi connectivity index (χ0n) is 19.4. The number of nitrogens with zero attached hydrogens (tertiary/aromatic N) is 3. The van der Waals surface area contributed by atoms with Crippen LogP contribution >= 0.6 is 0 Å². The van der Waals surface area contributed by atoms with E-state index in [9.17, 15) is 13.2 Å². The second kappa shape index (κ2) is 10.6. The minimum absolute atomic E-state index is 0.207. The molecule has 0 saturated carbocycles. The number of rotatable bonds is 8. The maximum Gasteiger partial charge on any atom is 0.253 e. The van der Waals surface area contributed by atoms with E-state index in [1.54, 1.807) is 16.4 Å². The van der Waals surface area contributed by atoms with Gasteiger partial charge in [0.25, 0.3) is 5.91 Å². The topological polar surface area (TPSA) is 73.0 Å². The van der Waals surface area contributed by atoms with Gasteiger partial charge in [-0.05, 0) is 56.0 Å². The number of hydrogen-bond acceptors (Lipinski definition) is 5. The second-order valence-electron chi connectivity index (χ2n) is 8.85. The van der Waals surface area contributed by atoms with Gasteiger partial charge in [0.15, 0.2) is 0 Å².